The lowest BCUT2D eigenvalue weighted by molar-refractivity contribution is 0.266. The first-order chi connectivity index (χ1) is 17.4. The Hall–Kier alpha value is -4.63. The maximum Gasteiger partial charge on any atom is 0.302 e. The number of aromatic nitrogens is 2. The molecule has 0 atom stereocenters. The van der Waals surface area contributed by atoms with Crippen LogP contribution in [0.3, 0.4) is 0 Å². The van der Waals surface area contributed by atoms with Crippen molar-refractivity contribution < 1.29 is 4.74 Å². The van der Waals surface area contributed by atoms with Gasteiger partial charge < -0.3 is 4.74 Å². The second-order valence-corrected chi connectivity index (χ2v) is 8.81. The zero-order valence-corrected chi connectivity index (χ0v) is 19.1. The van der Waals surface area contributed by atoms with E-state index in [0.717, 1.165) is 22.3 Å². The molecule has 0 fully saturated rings. The monoisotopic (exact) mass is 450 g/mol. The van der Waals surface area contributed by atoms with E-state index in [1.165, 1.54) is 33.4 Å². The molecule has 0 saturated carbocycles. The predicted octanol–water partition coefficient (Wildman–Crippen LogP) is 7.92. The van der Waals surface area contributed by atoms with Crippen molar-refractivity contribution in [3.8, 4) is 45.1 Å². The quantitative estimate of drug-likeness (QED) is 0.274. The van der Waals surface area contributed by atoms with E-state index in [1.54, 1.807) is 0 Å². The van der Waals surface area contributed by atoms with Crippen LogP contribution in [0.25, 0.3) is 50.1 Å². The summed E-state index contributed by atoms with van der Waals surface area (Å²) < 4.78 is 8.16. The Kier molecular flexibility index (Phi) is 4.52. The Bertz CT molecular complexity index is 1630. The van der Waals surface area contributed by atoms with E-state index in [-0.39, 0.29) is 0 Å². The lowest BCUT2D eigenvalue weighted by atomic mass is 9.87. The highest BCUT2D eigenvalue weighted by Crippen LogP contribution is 2.42. The molecule has 35 heavy (non-hydrogen) atoms. The van der Waals surface area contributed by atoms with Gasteiger partial charge in [-0.15, -0.1) is 0 Å². The third kappa shape index (κ3) is 3.24. The third-order valence-corrected chi connectivity index (χ3v) is 6.74. The van der Waals surface area contributed by atoms with Gasteiger partial charge in [0.1, 0.15) is 6.61 Å². The van der Waals surface area contributed by atoms with Crippen LogP contribution in [-0.2, 0) is 6.61 Å². The summed E-state index contributed by atoms with van der Waals surface area (Å²) in [5.74, 6) is 0. The van der Waals surface area contributed by atoms with Gasteiger partial charge in [0.2, 0.25) is 0 Å². The Morgan fingerprint density at radius 2 is 1.26 bits per heavy atom. The van der Waals surface area contributed by atoms with Crippen molar-refractivity contribution in [1.29, 1.82) is 0 Å². The Morgan fingerprint density at radius 3 is 1.97 bits per heavy atom. The fourth-order valence-corrected chi connectivity index (χ4v) is 5.11. The molecule has 6 aromatic rings. The highest BCUT2D eigenvalue weighted by atomic mass is 16.5. The van der Waals surface area contributed by atoms with E-state index in [2.05, 4.69) is 108 Å². The van der Waals surface area contributed by atoms with Gasteiger partial charge in [0, 0.05) is 5.56 Å². The first-order valence-corrected chi connectivity index (χ1v) is 11.8. The summed E-state index contributed by atoms with van der Waals surface area (Å²) in [6.45, 7) is 0.519. The molecule has 0 saturated heterocycles. The molecule has 3 nitrogen and oxygen atoms in total. The maximum atomic E-state index is 6.02. The van der Waals surface area contributed by atoms with Crippen LogP contribution in [0.1, 0.15) is 5.56 Å². The van der Waals surface area contributed by atoms with Crippen molar-refractivity contribution in [3.05, 3.63) is 127 Å². The fraction of sp³-hybridized carbons (Fsp3) is 0.0312. The Balaban J connectivity index is 1.51. The molecule has 0 unspecified atom stereocenters. The summed E-state index contributed by atoms with van der Waals surface area (Å²) in [6.07, 6.45) is 0. The van der Waals surface area contributed by atoms with Crippen LogP contribution in [0.15, 0.2) is 121 Å². The molecule has 0 N–H and O–H groups in total. The van der Waals surface area contributed by atoms with Crippen LogP contribution in [0.4, 0.5) is 0 Å². The minimum atomic E-state index is 0.519. The zero-order valence-electron chi connectivity index (χ0n) is 19.1. The van der Waals surface area contributed by atoms with Crippen LogP contribution < -0.4 is 4.74 Å². The van der Waals surface area contributed by atoms with E-state index in [1.807, 2.05) is 18.2 Å². The van der Waals surface area contributed by atoms with Crippen molar-refractivity contribution in [2.75, 3.05) is 0 Å². The first kappa shape index (κ1) is 19.8. The second kappa shape index (κ2) is 8.00. The molecule has 0 bridgehead atoms. The molecule has 1 aliphatic rings. The summed E-state index contributed by atoms with van der Waals surface area (Å²) >= 11 is 0. The lowest BCUT2D eigenvalue weighted by Crippen LogP contribution is -2.12. The topological polar surface area (TPSA) is 27.1 Å². The SMILES string of the molecule is c1ccc(-c2cccc(-c3ccccc3)c2-c2ccc3c(c2)-n2c(nc4ccccc42)OC3)cc1. The number of imidazole rings is 1. The predicted molar refractivity (Wildman–Crippen MR) is 142 cm³/mol. The van der Waals surface area contributed by atoms with Crippen LogP contribution in [0.2, 0.25) is 0 Å². The van der Waals surface area contributed by atoms with Crippen LogP contribution in [0, 0.1) is 0 Å². The molecule has 1 aliphatic heterocycles. The molecule has 5 aromatic carbocycles. The molecular weight excluding hydrogens is 428 g/mol. The van der Waals surface area contributed by atoms with Crippen LogP contribution in [-0.4, -0.2) is 9.55 Å². The number of para-hydroxylation sites is 2. The van der Waals surface area contributed by atoms with E-state index in [0.29, 0.717) is 12.6 Å². The number of ether oxygens (including phenoxy) is 1. The number of benzene rings is 5. The lowest BCUT2D eigenvalue weighted by Gasteiger charge is -2.22. The maximum absolute atomic E-state index is 6.02. The molecule has 3 heteroatoms. The minimum Gasteiger partial charge on any atom is -0.459 e. The van der Waals surface area contributed by atoms with Crippen LogP contribution >= 0.6 is 0 Å². The van der Waals surface area contributed by atoms with Gasteiger partial charge in [-0.25, -0.2) is 0 Å². The van der Waals surface area contributed by atoms with Crippen LogP contribution in [0.5, 0.6) is 6.01 Å². The number of fused-ring (bicyclic) bond motifs is 5. The molecule has 2 heterocycles. The van der Waals surface area contributed by atoms with E-state index >= 15 is 0 Å². The molecule has 0 amide bonds. The summed E-state index contributed by atoms with van der Waals surface area (Å²) in [5, 5.41) is 0. The van der Waals surface area contributed by atoms with Gasteiger partial charge in [0.25, 0.3) is 0 Å². The van der Waals surface area contributed by atoms with Crippen molar-refractivity contribution in [2.45, 2.75) is 6.61 Å². The van der Waals surface area contributed by atoms with Gasteiger partial charge in [-0.1, -0.05) is 103 Å². The highest BCUT2D eigenvalue weighted by Gasteiger charge is 2.23. The molecule has 1 aromatic heterocycles. The number of rotatable bonds is 3. The highest BCUT2D eigenvalue weighted by molar-refractivity contribution is 5.95. The molecule has 0 radical (unpaired) electrons. The van der Waals surface area contributed by atoms with E-state index in [4.69, 9.17) is 9.72 Å². The van der Waals surface area contributed by atoms with Gasteiger partial charge in [-0.2, -0.15) is 4.98 Å². The van der Waals surface area contributed by atoms with Crippen molar-refractivity contribution in [1.82, 2.24) is 9.55 Å². The standard InChI is InChI=1S/C32H22N2O/c1-3-10-22(11-4-1)26-14-9-15-27(23-12-5-2-6-13-23)31(26)24-18-19-25-21-35-32-33-28-16-7-8-17-29(28)34(32)30(25)20-24/h1-20H,21H2. The second-order valence-electron chi connectivity index (χ2n) is 8.81. The first-order valence-electron chi connectivity index (χ1n) is 11.8. The van der Waals surface area contributed by atoms with Gasteiger partial charge >= 0.3 is 6.01 Å². The minimum absolute atomic E-state index is 0.519. The van der Waals surface area contributed by atoms with Crippen molar-refractivity contribution >= 4 is 11.0 Å². The normalized spacial score (nSPS) is 12.1. The fourth-order valence-electron chi connectivity index (χ4n) is 5.11. The van der Waals surface area contributed by atoms with Gasteiger partial charge in [-0.3, -0.25) is 4.57 Å². The third-order valence-electron chi connectivity index (χ3n) is 6.74. The molecule has 166 valence electrons. The molecule has 0 aliphatic carbocycles. The Morgan fingerprint density at radius 1 is 0.600 bits per heavy atom. The van der Waals surface area contributed by atoms with E-state index in [9.17, 15) is 0 Å². The zero-order chi connectivity index (χ0) is 23.2. The van der Waals surface area contributed by atoms with Crippen molar-refractivity contribution in [3.63, 3.8) is 0 Å². The average Bonchev–Trinajstić information content (AvgIpc) is 3.33. The van der Waals surface area contributed by atoms with Gasteiger partial charge in [0.15, 0.2) is 0 Å². The number of hydrogen-bond donors (Lipinski definition) is 0. The molecular formula is C32H22N2O. The molecule has 0 spiro atoms. The Labute approximate surface area is 203 Å². The van der Waals surface area contributed by atoms with E-state index < -0.39 is 0 Å². The molecule has 7 rings (SSSR count). The van der Waals surface area contributed by atoms with Gasteiger partial charge in [0.05, 0.1) is 16.7 Å². The largest absolute Gasteiger partial charge is 0.459 e. The summed E-state index contributed by atoms with van der Waals surface area (Å²) in [4.78, 5) is 4.73. The average molecular weight is 451 g/mol. The summed E-state index contributed by atoms with van der Waals surface area (Å²) in [6, 6.07) is 43.4. The number of hydrogen-bond acceptors (Lipinski definition) is 2. The summed E-state index contributed by atoms with van der Waals surface area (Å²) in [7, 11) is 0. The smallest absolute Gasteiger partial charge is 0.302 e. The summed E-state index contributed by atoms with van der Waals surface area (Å²) in [5.41, 5.74) is 11.5. The number of nitrogens with zero attached hydrogens (tertiary/aromatic N) is 2. The van der Waals surface area contributed by atoms with Gasteiger partial charge in [-0.05, 0) is 51.6 Å². The van der Waals surface area contributed by atoms with Crippen molar-refractivity contribution in [2.24, 2.45) is 0 Å².